The van der Waals surface area contributed by atoms with Crippen LogP contribution in [0.25, 0.3) is 33.1 Å². The monoisotopic (exact) mass is 517 g/mol. The van der Waals surface area contributed by atoms with Gasteiger partial charge in [0.15, 0.2) is 17.3 Å². The minimum absolute atomic E-state index is 0.708. The number of ether oxygens (including phenoxy) is 3. The predicted octanol–water partition coefficient (Wildman–Crippen LogP) is 2.95. The van der Waals surface area contributed by atoms with Gasteiger partial charge in [-0.1, -0.05) is 18.2 Å². The smallest absolute Gasteiger partial charge is 0.228 e. The number of anilines is 2. The summed E-state index contributed by atoms with van der Waals surface area (Å²) in [4.78, 5) is 18.4. The number of methoxy groups -OCH3 is 2. The van der Waals surface area contributed by atoms with Crippen molar-refractivity contribution in [1.29, 1.82) is 0 Å². The van der Waals surface area contributed by atoms with Crippen molar-refractivity contribution in [3.8, 4) is 22.6 Å². The Morgan fingerprint density at radius 1 is 0.921 bits per heavy atom. The average molecular weight is 518 g/mol. The van der Waals surface area contributed by atoms with Gasteiger partial charge in [0.2, 0.25) is 5.95 Å². The molecule has 200 valence electrons. The minimum atomic E-state index is 0.708. The highest BCUT2D eigenvalue weighted by Crippen LogP contribution is 2.36. The van der Waals surface area contributed by atoms with Crippen molar-refractivity contribution in [3.05, 3.63) is 36.4 Å². The Hall–Kier alpha value is -3.60. The summed E-state index contributed by atoms with van der Waals surface area (Å²) in [5.41, 5.74) is 5.04. The molecule has 10 nitrogen and oxygen atoms in total. The van der Waals surface area contributed by atoms with E-state index in [1.165, 1.54) is 0 Å². The molecule has 0 saturated carbocycles. The molecular formula is C28H35N7O3. The van der Waals surface area contributed by atoms with Gasteiger partial charge in [-0.15, -0.1) is 0 Å². The summed E-state index contributed by atoms with van der Waals surface area (Å²) < 4.78 is 16.4. The second kappa shape index (κ2) is 11.0. The zero-order valence-corrected chi connectivity index (χ0v) is 22.0. The third-order valence-electron chi connectivity index (χ3n) is 7.37. The highest BCUT2D eigenvalue weighted by molar-refractivity contribution is 6.09. The van der Waals surface area contributed by atoms with Crippen LogP contribution >= 0.6 is 0 Å². The second-order valence-electron chi connectivity index (χ2n) is 9.67. The normalized spacial score (nSPS) is 16.7. The summed E-state index contributed by atoms with van der Waals surface area (Å²) in [6.45, 7) is 8.95. The molecule has 2 aliphatic heterocycles. The van der Waals surface area contributed by atoms with E-state index in [9.17, 15) is 0 Å². The molecule has 3 N–H and O–H groups in total. The van der Waals surface area contributed by atoms with Gasteiger partial charge in [0, 0.05) is 63.3 Å². The molecule has 2 aromatic carbocycles. The van der Waals surface area contributed by atoms with Gasteiger partial charge in [-0.2, -0.15) is 4.98 Å². The van der Waals surface area contributed by atoms with E-state index in [-0.39, 0.29) is 0 Å². The van der Waals surface area contributed by atoms with Gasteiger partial charge in [-0.3, -0.25) is 4.90 Å². The molecule has 2 aromatic heterocycles. The zero-order valence-electron chi connectivity index (χ0n) is 22.0. The van der Waals surface area contributed by atoms with Crippen molar-refractivity contribution in [2.45, 2.75) is 0 Å². The zero-order chi connectivity index (χ0) is 25.9. The lowest BCUT2D eigenvalue weighted by atomic mass is 10.0. The van der Waals surface area contributed by atoms with E-state index in [0.717, 1.165) is 110 Å². The van der Waals surface area contributed by atoms with Crippen molar-refractivity contribution in [2.24, 2.45) is 0 Å². The number of aromatic amines is 1. The molecular weight excluding hydrogens is 482 g/mol. The predicted molar refractivity (Wildman–Crippen MR) is 151 cm³/mol. The molecule has 2 aliphatic rings. The van der Waals surface area contributed by atoms with Crippen LogP contribution in [0.4, 0.5) is 11.8 Å². The van der Waals surface area contributed by atoms with Gasteiger partial charge in [0.05, 0.1) is 27.4 Å². The summed E-state index contributed by atoms with van der Waals surface area (Å²) >= 11 is 0. The Kier molecular flexibility index (Phi) is 7.17. The Morgan fingerprint density at radius 2 is 1.68 bits per heavy atom. The summed E-state index contributed by atoms with van der Waals surface area (Å²) in [6, 6.07) is 12.4. The molecule has 4 aromatic rings. The maximum Gasteiger partial charge on any atom is 0.228 e. The van der Waals surface area contributed by atoms with Crippen LogP contribution in [0.1, 0.15) is 0 Å². The number of hydrogen-bond acceptors (Lipinski definition) is 9. The quantitative estimate of drug-likeness (QED) is 0.326. The van der Waals surface area contributed by atoms with E-state index in [1.807, 2.05) is 18.2 Å². The van der Waals surface area contributed by atoms with E-state index >= 15 is 0 Å². The first-order valence-electron chi connectivity index (χ1n) is 13.3. The van der Waals surface area contributed by atoms with E-state index in [4.69, 9.17) is 24.2 Å². The number of benzene rings is 2. The van der Waals surface area contributed by atoms with Crippen molar-refractivity contribution in [1.82, 2.24) is 25.2 Å². The van der Waals surface area contributed by atoms with E-state index in [1.54, 1.807) is 14.2 Å². The summed E-state index contributed by atoms with van der Waals surface area (Å²) in [7, 11) is 3.31. The van der Waals surface area contributed by atoms with Crippen LogP contribution in [0.15, 0.2) is 36.4 Å². The number of piperazine rings is 1. The number of nitrogens with zero attached hydrogens (tertiary/aromatic N) is 4. The van der Waals surface area contributed by atoms with Crippen LogP contribution in [0, 0.1) is 0 Å². The lowest BCUT2D eigenvalue weighted by Gasteiger charge is -2.28. The second-order valence-corrected chi connectivity index (χ2v) is 9.67. The molecule has 38 heavy (non-hydrogen) atoms. The first kappa shape index (κ1) is 24.7. The van der Waals surface area contributed by atoms with Crippen LogP contribution in [0.3, 0.4) is 0 Å². The molecule has 0 radical (unpaired) electrons. The van der Waals surface area contributed by atoms with Gasteiger partial charge >= 0.3 is 0 Å². The van der Waals surface area contributed by atoms with Crippen LogP contribution in [0.5, 0.6) is 11.5 Å². The van der Waals surface area contributed by atoms with Gasteiger partial charge in [-0.25, -0.2) is 4.98 Å². The summed E-state index contributed by atoms with van der Waals surface area (Å²) in [5.74, 6) is 3.05. The lowest BCUT2D eigenvalue weighted by molar-refractivity contribution is 0.0398. The number of rotatable bonds is 8. The Labute approximate surface area is 222 Å². The largest absolute Gasteiger partial charge is 0.493 e. The van der Waals surface area contributed by atoms with Gasteiger partial charge in [0.1, 0.15) is 11.0 Å². The first-order chi connectivity index (χ1) is 18.7. The Bertz CT molecular complexity index is 1410. The maximum atomic E-state index is 5.52. The molecule has 4 heterocycles. The number of nitrogens with one attached hydrogen (secondary N) is 3. The van der Waals surface area contributed by atoms with Gasteiger partial charge < -0.3 is 34.7 Å². The fourth-order valence-corrected chi connectivity index (χ4v) is 5.24. The third-order valence-corrected chi connectivity index (χ3v) is 7.37. The van der Waals surface area contributed by atoms with Crippen molar-refractivity contribution in [3.63, 3.8) is 0 Å². The molecule has 0 unspecified atom stereocenters. The molecule has 0 bridgehead atoms. The van der Waals surface area contributed by atoms with E-state index < -0.39 is 0 Å². The van der Waals surface area contributed by atoms with Crippen LogP contribution < -0.4 is 25.0 Å². The number of morpholine rings is 1. The topological polar surface area (TPSA) is 99.8 Å². The van der Waals surface area contributed by atoms with E-state index in [0.29, 0.717) is 11.5 Å². The molecule has 2 saturated heterocycles. The highest BCUT2D eigenvalue weighted by Gasteiger charge is 2.20. The van der Waals surface area contributed by atoms with Crippen LogP contribution in [-0.4, -0.2) is 99.6 Å². The van der Waals surface area contributed by atoms with Crippen molar-refractivity contribution >= 4 is 33.7 Å². The standard InChI is InChI=1S/C28H35N7O3/c1-36-23-6-4-20(18-24(23)37-2)19-3-5-21-22(17-19)31-26-25(21)32-28(35-11-7-29-8-12-35)33-27(26)30-9-10-34-13-15-38-16-14-34/h3-6,17-18,29,31H,7-16H2,1-2H3,(H,30,32,33). The lowest BCUT2D eigenvalue weighted by Crippen LogP contribution is -2.44. The molecule has 6 rings (SSSR count). The Morgan fingerprint density at radius 3 is 2.47 bits per heavy atom. The third kappa shape index (κ3) is 4.94. The molecule has 2 fully saturated rings. The van der Waals surface area contributed by atoms with E-state index in [2.05, 4.69) is 43.6 Å². The Balaban J connectivity index is 1.36. The fourth-order valence-electron chi connectivity index (χ4n) is 5.24. The SMILES string of the molecule is COc1ccc(-c2ccc3c(c2)[nH]c2c(NCCN4CCOCC4)nc(N4CCNCC4)nc23)cc1OC. The number of aromatic nitrogens is 3. The molecule has 0 spiro atoms. The number of hydrogen-bond donors (Lipinski definition) is 3. The molecule has 10 heteroatoms. The summed E-state index contributed by atoms with van der Waals surface area (Å²) in [6.07, 6.45) is 0. The molecule has 0 amide bonds. The average Bonchev–Trinajstić information content (AvgIpc) is 3.36. The molecule has 0 aliphatic carbocycles. The highest BCUT2D eigenvalue weighted by atomic mass is 16.5. The number of H-pyrrole nitrogens is 1. The molecule has 0 atom stereocenters. The summed E-state index contributed by atoms with van der Waals surface area (Å²) in [5, 5.41) is 8.11. The minimum Gasteiger partial charge on any atom is -0.493 e. The van der Waals surface area contributed by atoms with Crippen LogP contribution in [-0.2, 0) is 4.74 Å². The van der Waals surface area contributed by atoms with Crippen LogP contribution in [0.2, 0.25) is 0 Å². The van der Waals surface area contributed by atoms with Crippen molar-refractivity contribution in [2.75, 3.05) is 90.0 Å². The number of fused-ring (bicyclic) bond motifs is 3. The maximum absolute atomic E-state index is 5.52. The van der Waals surface area contributed by atoms with Gasteiger partial charge in [-0.05, 0) is 29.3 Å². The first-order valence-corrected chi connectivity index (χ1v) is 13.3. The van der Waals surface area contributed by atoms with Crippen molar-refractivity contribution < 1.29 is 14.2 Å². The fraction of sp³-hybridized carbons (Fsp3) is 0.429. The van der Waals surface area contributed by atoms with Gasteiger partial charge in [0.25, 0.3) is 0 Å².